The van der Waals surface area contributed by atoms with Crippen LogP contribution in [-0.2, 0) is 0 Å². The predicted octanol–water partition coefficient (Wildman–Crippen LogP) is 0.602. The van der Waals surface area contributed by atoms with E-state index >= 15 is 0 Å². The number of amides is 1. The van der Waals surface area contributed by atoms with E-state index in [4.69, 9.17) is 0 Å². The molecule has 3 heteroatoms. The van der Waals surface area contributed by atoms with Crippen LogP contribution >= 0.6 is 0 Å². The van der Waals surface area contributed by atoms with Crippen molar-refractivity contribution >= 4 is 11.6 Å². The summed E-state index contributed by atoms with van der Waals surface area (Å²) in [5.41, 5.74) is 1.86. The molecule has 0 atom stereocenters. The van der Waals surface area contributed by atoms with Crippen LogP contribution in [0, 0.1) is 0 Å². The zero-order valence-electron chi connectivity index (χ0n) is 9.63. The Bertz CT molecular complexity index is 332. The molecular weight excluding hydrogens is 188 g/mol. The van der Waals surface area contributed by atoms with Crippen molar-refractivity contribution in [1.29, 1.82) is 0 Å². The Kier molecular flexibility index (Phi) is 4.31. The third-order valence-corrected chi connectivity index (χ3v) is 2.63. The third kappa shape index (κ3) is 2.57. The third-order valence-electron chi connectivity index (χ3n) is 2.63. The molecule has 0 radical (unpaired) electrons. The fourth-order valence-electron chi connectivity index (χ4n) is 1.75. The lowest BCUT2D eigenvalue weighted by Crippen LogP contribution is -3.06. The maximum atomic E-state index is 11.6. The van der Waals surface area contributed by atoms with Gasteiger partial charge >= 0.3 is 0 Å². The number of hydrogen-bond acceptors (Lipinski definition) is 1. The highest BCUT2D eigenvalue weighted by atomic mass is 16.1. The van der Waals surface area contributed by atoms with Crippen molar-refractivity contribution in [2.24, 2.45) is 0 Å². The van der Waals surface area contributed by atoms with Gasteiger partial charge in [-0.2, -0.15) is 0 Å². The minimum Gasteiger partial charge on any atom is -0.355 e. The van der Waals surface area contributed by atoms with Crippen LogP contribution in [0.5, 0.6) is 0 Å². The molecule has 0 heterocycles. The minimum absolute atomic E-state index is 0.00926. The van der Waals surface area contributed by atoms with Crippen LogP contribution in [0.2, 0.25) is 0 Å². The standard InChI is InChI=1S/C12H18N2O/c1-4-14(5-2)11-9-7-6-8-10(11)12(15)13-3/h6-9H,4-5H2,1-3H3,(H,13,15)/p+1. The van der Waals surface area contributed by atoms with Gasteiger partial charge in [0.1, 0.15) is 11.3 Å². The second kappa shape index (κ2) is 5.51. The van der Waals surface area contributed by atoms with E-state index in [0.717, 1.165) is 24.3 Å². The fourth-order valence-corrected chi connectivity index (χ4v) is 1.75. The molecule has 1 aromatic rings. The first-order chi connectivity index (χ1) is 7.24. The number of benzene rings is 1. The van der Waals surface area contributed by atoms with Crippen molar-refractivity contribution in [3.8, 4) is 0 Å². The number of para-hydroxylation sites is 1. The van der Waals surface area contributed by atoms with E-state index in [9.17, 15) is 4.79 Å². The summed E-state index contributed by atoms with van der Waals surface area (Å²) in [6, 6.07) is 7.77. The van der Waals surface area contributed by atoms with E-state index in [2.05, 4.69) is 19.2 Å². The lowest BCUT2D eigenvalue weighted by atomic mass is 10.1. The average Bonchev–Trinajstić information content (AvgIpc) is 2.30. The van der Waals surface area contributed by atoms with Crippen molar-refractivity contribution in [3.05, 3.63) is 29.8 Å². The van der Waals surface area contributed by atoms with Crippen LogP contribution in [0.15, 0.2) is 24.3 Å². The zero-order chi connectivity index (χ0) is 11.3. The van der Waals surface area contributed by atoms with Crippen molar-refractivity contribution < 1.29 is 9.69 Å². The van der Waals surface area contributed by atoms with Crippen LogP contribution in [-0.4, -0.2) is 26.0 Å². The average molecular weight is 207 g/mol. The molecule has 0 spiro atoms. The Morgan fingerprint density at radius 3 is 2.40 bits per heavy atom. The van der Waals surface area contributed by atoms with Gasteiger partial charge in [0.15, 0.2) is 0 Å². The lowest BCUT2D eigenvalue weighted by molar-refractivity contribution is -0.828. The molecule has 0 saturated carbocycles. The highest BCUT2D eigenvalue weighted by Crippen LogP contribution is 2.09. The van der Waals surface area contributed by atoms with Crippen molar-refractivity contribution in [2.45, 2.75) is 13.8 Å². The maximum absolute atomic E-state index is 11.6. The molecule has 0 fully saturated rings. The number of hydrogen-bond donors (Lipinski definition) is 2. The SMILES string of the molecule is CC[NH+](CC)c1ccccc1C(=O)NC. The summed E-state index contributed by atoms with van der Waals surface area (Å²) in [5, 5.41) is 2.67. The topological polar surface area (TPSA) is 33.5 Å². The van der Waals surface area contributed by atoms with Gasteiger partial charge in [0, 0.05) is 7.05 Å². The molecule has 0 aliphatic rings. The van der Waals surface area contributed by atoms with Crippen molar-refractivity contribution in [2.75, 3.05) is 20.1 Å². The van der Waals surface area contributed by atoms with E-state index in [1.165, 1.54) is 4.90 Å². The largest absolute Gasteiger partial charge is 0.355 e. The second-order valence-corrected chi connectivity index (χ2v) is 3.44. The Hall–Kier alpha value is -1.35. The van der Waals surface area contributed by atoms with Gasteiger partial charge in [-0.05, 0) is 26.0 Å². The molecule has 15 heavy (non-hydrogen) atoms. The molecule has 0 aliphatic heterocycles. The molecule has 0 aliphatic carbocycles. The summed E-state index contributed by atoms with van der Waals surface area (Å²) in [5.74, 6) is -0.00926. The Morgan fingerprint density at radius 2 is 1.87 bits per heavy atom. The first-order valence-electron chi connectivity index (χ1n) is 5.40. The molecule has 1 amide bonds. The van der Waals surface area contributed by atoms with Gasteiger partial charge in [-0.1, -0.05) is 12.1 Å². The van der Waals surface area contributed by atoms with Crippen LogP contribution in [0.3, 0.4) is 0 Å². The number of carbonyl (C=O) groups is 1. The summed E-state index contributed by atoms with van der Waals surface area (Å²) >= 11 is 0. The first kappa shape index (κ1) is 11.7. The molecule has 0 bridgehead atoms. The van der Waals surface area contributed by atoms with Crippen molar-refractivity contribution in [3.63, 3.8) is 0 Å². The van der Waals surface area contributed by atoms with Gasteiger partial charge in [-0.15, -0.1) is 0 Å². The number of nitrogens with one attached hydrogen (secondary N) is 2. The molecular formula is C12H19N2O+. The Labute approximate surface area is 91.1 Å². The van der Waals surface area contributed by atoms with Crippen LogP contribution < -0.4 is 10.2 Å². The van der Waals surface area contributed by atoms with Crippen molar-refractivity contribution in [1.82, 2.24) is 5.32 Å². The minimum atomic E-state index is -0.00926. The normalized spacial score (nSPS) is 10.4. The highest BCUT2D eigenvalue weighted by molar-refractivity contribution is 5.97. The molecule has 2 N–H and O–H groups in total. The van der Waals surface area contributed by atoms with Crippen LogP contribution in [0.25, 0.3) is 0 Å². The molecule has 82 valence electrons. The summed E-state index contributed by atoms with van der Waals surface area (Å²) in [6.07, 6.45) is 0. The van der Waals surface area contributed by atoms with Gasteiger partial charge < -0.3 is 10.2 Å². The van der Waals surface area contributed by atoms with E-state index < -0.39 is 0 Å². The molecule has 3 nitrogen and oxygen atoms in total. The quantitative estimate of drug-likeness (QED) is 0.745. The molecule has 1 aromatic carbocycles. The fraction of sp³-hybridized carbons (Fsp3) is 0.417. The van der Waals surface area contributed by atoms with E-state index in [-0.39, 0.29) is 5.91 Å². The van der Waals surface area contributed by atoms with Gasteiger partial charge in [0.2, 0.25) is 0 Å². The second-order valence-electron chi connectivity index (χ2n) is 3.44. The number of carbonyl (C=O) groups excluding carboxylic acids is 1. The highest BCUT2D eigenvalue weighted by Gasteiger charge is 2.16. The maximum Gasteiger partial charge on any atom is 0.257 e. The Morgan fingerprint density at radius 1 is 1.27 bits per heavy atom. The lowest BCUT2D eigenvalue weighted by Gasteiger charge is -2.17. The predicted molar refractivity (Wildman–Crippen MR) is 61.5 cm³/mol. The summed E-state index contributed by atoms with van der Waals surface area (Å²) in [4.78, 5) is 13.0. The summed E-state index contributed by atoms with van der Waals surface area (Å²) in [6.45, 7) is 6.23. The smallest absolute Gasteiger partial charge is 0.257 e. The van der Waals surface area contributed by atoms with Gasteiger partial charge in [-0.25, -0.2) is 0 Å². The van der Waals surface area contributed by atoms with Gasteiger partial charge in [0.05, 0.1) is 13.1 Å². The molecule has 0 aromatic heterocycles. The van der Waals surface area contributed by atoms with E-state index in [1.807, 2.05) is 24.3 Å². The zero-order valence-corrected chi connectivity index (χ0v) is 9.63. The van der Waals surface area contributed by atoms with Gasteiger partial charge in [-0.3, -0.25) is 4.79 Å². The number of rotatable bonds is 4. The monoisotopic (exact) mass is 207 g/mol. The molecule has 1 rings (SSSR count). The van der Waals surface area contributed by atoms with Crippen LogP contribution in [0.4, 0.5) is 5.69 Å². The van der Waals surface area contributed by atoms with Crippen LogP contribution in [0.1, 0.15) is 24.2 Å². The summed E-state index contributed by atoms with van der Waals surface area (Å²) < 4.78 is 0. The number of quaternary nitrogens is 1. The van der Waals surface area contributed by atoms with E-state index in [1.54, 1.807) is 7.05 Å². The molecule has 0 unspecified atom stereocenters. The molecule has 0 saturated heterocycles. The Balaban J connectivity index is 3.10. The summed E-state index contributed by atoms with van der Waals surface area (Å²) in [7, 11) is 1.66. The first-order valence-corrected chi connectivity index (χ1v) is 5.40. The van der Waals surface area contributed by atoms with Gasteiger partial charge in [0.25, 0.3) is 5.91 Å². The van der Waals surface area contributed by atoms with E-state index in [0.29, 0.717) is 0 Å².